The van der Waals surface area contributed by atoms with Crippen LogP contribution in [0, 0.1) is 0 Å². The zero-order valence-electron chi connectivity index (χ0n) is 12.4. The third kappa shape index (κ3) is 4.71. The predicted molar refractivity (Wildman–Crippen MR) is 75.2 cm³/mol. The molecule has 0 aromatic heterocycles. The largest absolute Gasteiger partial charge is 0.497 e. The maximum Gasteiger partial charge on any atom is 0.329 e. The lowest BCUT2D eigenvalue weighted by molar-refractivity contribution is -0.151. The molecule has 0 aliphatic carbocycles. The maximum atomic E-state index is 11.2. The summed E-state index contributed by atoms with van der Waals surface area (Å²) in [4.78, 5) is 15.6. The van der Waals surface area contributed by atoms with E-state index in [1.54, 1.807) is 7.11 Å². The number of hydrogen-bond donors (Lipinski definition) is 2. The average Bonchev–Trinajstić information content (AvgIpc) is 2.38. The number of methoxy groups -OCH3 is 1. The van der Waals surface area contributed by atoms with Crippen molar-refractivity contribution in [3.63, 3.8) is 0 Å². The normalized spacial score (nSPS) is 11.1. The van der Waals surface area contributed by atoms with Gasteiger partial charge in [0.2, 0.25) is 0 Å². The summed E-state index contributed by atoms with van der Waals surface area (Å²) in [6.07, 6.45) is 0.111. The Morgan fingerprint density at radius 1 is 1.35 bits per heavy atom. The minimum Gasteiger partial charge on any atom is -0.497 e. The first-order valence-electron chi connectivity index (χ1n) is 6.35. The summed E-state index contributed by atoms with van der Waals surface area (Å²) in [6, 6.07) is 5.60. The third-order valence-corrected chi connectivity index (χ3v) is 2.73. The molecule has 1 aromatic carbocycles. The number of hydrazine groups is 1. The molecule has 0 unspecified atom stereocenters. The Bertz CT molecular complexity index is 455. The molecule has 1 aromatic rings. The van der Waals surface area contributed by atoms with Gasteiger partial charge in [-0.1, -0.05) is 26.4 Å². The van der Waals surface area contributed by atoms with Crippen molar-refractivity contribution >= 4 is 5.97 Å². The minimum absolute atomic E-state index is 0.0941. The Labute approximate surface area is 119 Å². The zero-order chi connectivity index (χ0) is 15.2. The van der Waals surface area contributed by atoms with Crippen molar-refractivity contribution in [3.05, 3.63) is 23.8 Å². The van der Waals surface area contributed by atoms with Gasteiger partial charge in [0.05, 0.1) is 20.1 Å². The van der Waals surface area contributed by atoms with Crippen LogP contribution in [0.1, 0.15) is 32.8 Å². The lowest BCUT2D eigenvalue weighted by Gasteiger charge is -2.23. The van der Waals surface area contributed by atoms with E-state index in [4.69, 9.17) is 15.3 Å². The number of carbonyl (C=O) groups excluding carboxylic acids is 1. The van der Waals surface area contributed by atoms with Crippen LogP contribution in [0.5, 0.6) is 11.5 Å². The van der Waals surface area contributed by atoms with E-state index in [0.717, 1.165) is 17.1 Å². The van der Waals surface area contributed by atoms with Crippen molar-refractivity contribution in [1.82, 2.24) is 5.59 Å². The number of nitrogens with one attached hydrogen (secondary N) is 1. The van der Waals surface area contributed by atoms with Crippen LogP contribution in [0.15, 0.2) is 18.2 Å². The number of carbonyl (C=O) groups is 1. The Hall–Kier alpha value is -1.79. The van der Waals surface area contributed by atoms with Crippen LogP contribution >= 0.6 is 0 Å². The lowest BCUT2D eigenvalue weighted by atomic mass is 9.86. The second-order valence-corrected chi connectivity index (χ2v) is 5.30. The van der Waals surface area contributed by atoms with Gasteiger partial charge in [0, 0.05) is 5.56 Å². The highest BCUT2D eigenvalue weighted by molar-refractivity contribution is 5.69. The van der Waals surface area contributed by atoms with Crippen molar-refractivity contribution in [2.24, 2.45) is 5.84 Å². The molecule has 0 aliphatic rings. The Morgan fingerprint density at radius 3 is 2.60 bits per heavy atom. The molecule has 6 nitrogen and oxygen atoms in total. The maximum absolute atomic E-state index is 11.2. The molecule has 0 atom stereocenters. The first-order valence-corrected chi connectivity index (χ1v) is 6.35. The fraction of sp³-hybridized carbons (Fsp3) is 0.500. The first kappa shape index (κ1) is 16.3. The molecule has 20 heavy (non-hydrogen) atoms. The van der Waals surface area contributed by atoms with E-state index in [1.807, 2.05) is 23.8 Å². The fourth-order valence-corrected chi connectivity index (χ4v) is 1.71. The highest BCUT2D eigenvalue weighted by Gasteiger charge is 2.20. The topological polar surface area (TPSA) is 82.8 Å². The molecule has 0 spiro atoms. The molecule has 6 heteroatoms. The van der Waals surface area contributed by atoms with Gasteiger partial charge >= 0.3 is 5.97 Å². The fourth-order valence-electron chi connectivity index (χ4n) is 1.71. The van der Waals surface area contributed by atoms with Crippen LogP contribution in [0.25, 0.3) is 0 Å². The van der Waals surface area contributed by atoms with E-state index in [9.17, 15) is 4.79 Å². The molecule has 0 bridgehead atoms. The summed E-state index contributed by atoms with van der Waals surface area (Å²) in [5.41, 5.74) is 2.77. The van der Waals surface area contributed by atoms with Crippen LogP contribution in [0.3, 0.4) is 0 Å². The molecule has 0 aliphatic heterocycles. The second-order valence-electron chi connectivity index (χ2n) is 5.30. The van der Waals surface area contributed by atoms with Gasteiger partial charge in [-0.15, -0.1) is 0 Å². The van der Waals surface area contributed by atoms with E-state index >= 15 is 0 Å². The Balaban J connectivity index is 2.76. The predicted octanol–water partition coefficient (Wildman–Crippen LogP) is 1.68. The molecule has 0 amide bonds. The van der Waals surface area contributed by atoms with E-state index in [1.165, 1.54) is 0 Å². The Morgan fingerprint density at radius 2 is 2.05 bits per heavy atom. The quantitative estimate of drug-likeness (QED) is 0.610. The molecule has 1 rings (SSSR count). The molecular formula is C14H22N2O4. The summed E-state index contributed by atoms with van der Waals surface area (Å²) < 4.78 is 10.9. The van der Waals surface area contributed by atoms with Gasteiger partial charge in [-0.05, 0) is 23.6 Å². The monoisotopic (exact) mass is 282 g/mol. The van der Waals surface area contributed by atoms with Crippen molar-refractivity contribution in [2.75, 3.05) is 13.7 Å². The molecular weight excluding hydrogens is 260 g/mol. The minimum atomic E-state index is -0.474. The highest BCUT2D eigenvalue weighted by atomic mass is 16.7. The van der Waals surface area contributed by atoms with Gasteiger partial charge in [0.1, 0.15) is 11.5 Å². The van der Waals surface area contributed by atoms with Gasteiger partial charge in [0.25, 0.3) is 0 Å². The van der Waals surface area contributed by atoms with Crippen molar-refractivity contribution in [2.45, 2.75) is 32.6 Å². The van der Waals surface area contributed by atoms with Crippen LogP contribution in [-0.4, -0.2) is 19.7 Å². The molecule has 112 valence electrons. The standard InChI is InChI=1S/C14H22N2O4/c1-14(2,3)11-9-10(18-4)5-6-12(11)19-8-7-13(17)20-16-15/h5-6,9,16H,7-8,15H2,1-4H3. The van der Waals surface area contributed by atoms with E-state index in [0.29, 0.717) is 0 Å². The van der Waals surface area contributed by atoms with Crippen molar-refractivity contribution in [1.29, 1.82) is 0 Å². The smallest absolute Gasteiger partial charge is 0.329 e. The van der Waals surface area contributed by atoms with Crippen LogP contribution in [-0.2, 0) is 15.0 Å². The van der Waals surface area contributed by atoms with Gasteiger partial charge in [-0.3, -0.25) is 4.79 Å². The van der Waals surface area contributed by atoms with Gasteiger partial charge in [-0.2, -0.15) is 0 Å². The zero-order valence-corrected chi connectivity index (χ0v) is 12.4. The van der Waals surface area contributed by atoms with Gasteiger partial charge in [0.15, 0.2) is 0 Å². The summed E-state index contributed by atoms with van der Waals surface area (Å²) in [5.74, 6) is 5.90. The van der Waals surface area contributed by atoms with Crippen molar-refractivity contribution in [3.8, 4) is 11.5 Å². The van der Waals surface area contributed by atoms with Crippen LogP contribution < -0.4 is 20.9 Å². The van der Waals surface area contributed by atoms with Gasteiger partial charge in [-0.25, -0.2) is 5.84 Å². The van der Waals surface area contributed by atoms with Crippen molar-refractivity contribution < 1.29 is 19.1 Å². The molecule has 0 heterocycles. The van der Waals surface area contributed by atoms with E-state index < -0.39 is 5.97 Å². The highest BCUT2D eigenvalue weighted by Crippen LogP contribution is 2.34. The first-order chi connectivity index (χ1) is 9.38. The van der Waals surface area contributed by atoms with E-state index in [2.05, 4.69) is 25.6 Å². The summed E-state index contributed by atoms with van der Waals surface area (Å²) in [5, 5.41) is 0. The average molecular weight is 282 g/mol. The molecule has 0 radical (unpaired) electrons. The molecule has 3 N–H and O–H groups in total. The third-order valence-electron chi connectivity index (χ3n) is 2.73. The summed E-state index contributed by atoms with van der Waals surface area (Å²) in [7, 11) is 1.62. The van der Waals surface area contributed by atoms with Gasteiger partial charge < -0.3 is 14.3 Å². The number of nitrogens with two attached hydrogens (primary N) is 1. The second kappa shape index (κ2) is 7.12. The van der Waals surface area contributed by atoms with Crippen LogP contribution in [0.2, 0.25) is 0 Å². The summed E-state index contributed by atoms with van der Waals surface area (Å²) >= 11 is 0. The molecule has 0 fully saturated rings. The number of ether oxygens (including phenoxy) is 2. The number of rotatable bonds is 6. The Kier molecular flexibility index (Phi) is 5.79. The van der Waals surface area contributed by atoms with E-state index in [-0.39, 0.29) is 18.4 Å². The lowest BCUT2D eigenvalue weighted by Crippen LogP contribution is -2.27. The van der Waals surface area contributed by atoms with Crippen LogP contribution in [0.4, 0.5) is 0 Å². The SMILES string of the molecule is COc1ccc(OCCC(=O)ONN)c(C(C)(C)C)c1. The molecule has 0 saturated heterocycles. The summed E-state index contributed by atoms with van der Waals surface area (Å²) in [6.45, 7) is 6.47. The molecule has 0 saturated carbocycles. The number of hydrogen-bond acceptors (Lipinski definition) is 6. The number of benzene rings is 1.